The van der Waals surface area contributed by atoms with E-state index in [9.17, 15) is 4.79 Å². The number of amides is 1. The van der Waals surface area contributed by atoms with Gasteiger partial charge in [-0.15, -0.1) is 0 Å². The first-order chi connectivity index (χ1) is 7.60. The molecule has 0 rings (SSSR count). The molecule has 0 saturated carbocycles. The van der Waals surface area contributed by atoms with Crippen molar-refractivity contribution in [2.24, 2.45) is 5.89 Å². The van der Waals surface area contributed by atoms with E-state index in [1.807, 2.05) is 0 Å². The lowest BCUT2D eigenvalue weighted by Gasteiger charge is -2.13. The fourth-order valence-electron chi connectivity index (χ4n) is 0.535. The van der Waals surface area contributed by atoms with E-state index >= 15 is 0 Å². The topological polar surface area (TPSA) is 29.1 Å². The van der Waals surface area contributed by atoms with Gasteiger partial charge in [0, 0.05) is 21.2 Å². The third-order valence-electron chi connectivity index (χ3n) is 0.694. The van der Waals surface area contributed by atoms with Crippen molar-refractivity contribution >= 4 is 5.91 Å². The van der Waals surface area contributed by atoms with Crippen molar-refractivity contribution in [1.29, 1.82) is 0 Å². The van der Waals surface area contributed by atoms with Crippen LogP contribution in [-0.4, -0.2) is 11.9 Å². The molecule has 10 heavy (non-hydrogen) atoms. The van der Waals surface area contributed by atoms with Crippen LogP contribution in [0.2, 0.25) is 1.41 Å². The zero-order chi connectivity index (χ0) is 15.2. The van der Waals surface area contributed by atoms with Gasteiger partial charge in [-0.25, -0.2) is 0 Å². The molecule has 1 unspecified atom stereocenters. The Bertz CT molecular complexity index is 334. The molecular weight excluding hydrogens is 126 g/mol. The molecule has 0 bridgehead atoms. The summed E-state index contributed by atoms with van der Waals surface area (Å²) >= 11 is 0. The van der Waals surface area contributed by atoms with Crippen molar-refractivity contribution in [1.82, 2.24) is 5.31 Å². The van der Waals surface area contributed by atoms with E-state index in [-0.39, 0.29) is 5.31 Å². The summed E-state index contributed by atoms with van der Waals surface area (Å²) in [5.41, 5.74) is 0. The zero-order valence-electron chi connectivity index (χ0n) is 14.4. The average Bonchev–Trinajstić information content (AvgIpc) is 2.13. The Balaban J connectivity index is 5.71. The van der Waals surface area contributed by atoms with Gasteiger partial charge in [-0.1, -0.05) is 13.8 Å². The first-order valence-electron chi connectivity index (χ1n) is 6.85. The predicted molar refractivity (Wildman–Crippen MR) is 42.7 cm³/mol. The van der Waals surface area contributed by atoms with Gasteiger partial charge < -0.3 is 5.31 Å². The molecule has 60 valence electrons. The van der Waals surface area contributed by atoms with Gasteiger partial charge in [0.1, 0.15) is 0 Å². The van der Waals surface area contributed by atoms with E-state index < -0.39 is 31.0 Å². The maximum atomic E-state index is 11.1. The number of hydrogen-bond acceptors (Lipinski definition) is 1. The Morgan fingerprint density at radius 2 is 2.60 bits per heavy atom. The second kappa shape index (κ2) is 4.31. The molecule has 0 saturated heterocycles. The zero-order valence-corrected chi connectivity index (χ0v) is 6.36. The van der Waals surface area contributed by atoms with Gasteiger partial charge in [0.2, 0.25) is 5.91 Å². The molecule has 0 aromatic carbocycles. The molecule has 0 aliphatic heterocycles. The minimum absolute atomic E-state index is 0.0472. The van der Waals surface area contributed by atoms with Crippen LogP contribution in [0.5, 0.6) is 0 Å². The minimum atomic E-state index is -2.99. The van der Waals surface area contributed by atoms with Crippen LogP contribution in [0.1, 0.15) is 43.6 Å². The highest BCUT2D eigenvalue weighted by Crippen LogP contribution is 2.02. The molecule has 0 aliphatic carbocycles. The van der Waals surface area contributed by atoms with Crippen LogP contribution in [0, 0.1) is 5.89 Å². The first kappa shape index (κ1) is 2.50. The molecule has 0 heterocycles. The summed E-state index contributed by atoms with van der Waals surface area (Å²) in [4.78, 5) is 11.1. The van der Waals surface area contributed by atoms with Crippen molar-refractivity contribution in [3.63, 3.8) is 0 Å². The molecule has 0 aliphatic rings. The van der Waals surface area contributed by atoms with Crippen LogP contribution in [0.15, 0.2) is 0 Å². The molecule has 0 spiro atoms. The third-order valence-corrected chi connectivity index (χ3v) is 0.694. The molecule has 1 N–H and O–H groups in total. The Labute approximate surface area is 74.3 Å². The van der Waals surface area contributed by atoms with E-state index in [2.05, 4.69) is 0 Å². The lowest BCUT2D eigenvalue weighted by atomic mass is 10.1. The van der Waals surface area contributed by atoms with Crippen molar-refractivity contribution in [2.75, 3.05) is 0 Å². The summed E-state index contributed by atoms with van der Waals surface area (Å²) in [5, 5.41) is 0.0472. The van der Waals surface area contributed by atoms with Crippen LogP contribution in [-0.2, 0) is 4.79 Å². The van der Waals surface area contributed by atoms with Gasteiger partial charge in [0.15, 0.2) is 1.41 Å². The summed E-state index contributed by atoms with van der Waals surface area (Å²) in [7, 11) is 0. The normalized spacial score (nSPS) is 36.7. The molecule has 0 radical (unpaired) electrons. The average molecular weight is 151 g/mol. The molecule has 2 nitrogen and oxygen atoms in total. The smallest absolute Gasteiger partial charge is 0.217 e. The first-order valence-corrected chi connectivity index (χ1v) is 2.90. The van der Waals surface area contributed by atoms with Gasteiger partial charge >= 0.3 is 0 Å². The third kappa shape index (κ3) is 5.60. The summed E-state index contributed by atoms with van der Waals surface area (Å²) in [6.07, 6.45) is -2.93. The summed E-state index contributed by atoms with van der Waals surface area (Å²) < 4.78 is 59.8. The highest BCUT2D eigenvalue weighted by atomic mass is 16.1. The van der Waals surface area contributed by atoms with Crippen LogP contribution >= 0.6 is 0 Å². The minimum Gasteiger partial charge on any atom is -0.354 e. The van der Waals surface area contributed by atoms with Crippen LogP contribution in [0.25, 0.3) is 0 Å². The number of rotatable bonds is 3. The van der Waals surface area contributed by atoms with E-state index in [0.717, 1.165) is 20.8 Å². The fourth-order valence-corrected chi connectivity index (χ4v) is 0.535. The number of nitrogens with one attached hydrogen (secondary N) is 1. The number of hydrogen-bond donors (Lipinski definition) is 1. The van der Waals surface area contributed by atoms with E-state index in [1.54, 1.807) is 0 Å². The van der Waals surface area contributed by atoms with E-state index in [1.165, 1.54) is 0 Å². The Morgan fingerprint density at radius 3 is 3.00 bits per heavy atom. The Hall–Kier alpha value is -0.530. The quantitative estimate of drug-likeness (QED) is 0.651. The second-order valence-corrected chi connectivity index (χ2v) is 1.97. The van der Waals surface area contributed by atoms with Crippen LogP contribution in [0.4, 0.5) is 0 Å². The van der Waals surface area contributed by atoms with E-state index in [4.69, 9.17) is 11.0 Å². The van der Waals surface area contributed by atoms with Gasteiger partial charge in [0.25, 0.3) is 0 Å². The predicted octanol–water partition coefficient (Wildman–Crippen LogP) is 1.56. The molecular formula is C8H17NO. The van der Waals surface area contributed by atoms with Gasteiger partial charge in [-0.3, -0.25) is 4.79 Å². The summed E-state index contributed by atoms with van der Waals surface area (Å²) in [6, 6.07) is -2.50. The van der Waals surface area contributed by atoms with Gasteiger partial charge in [0.05, 0.1) is 1.37 Å². The number of carbonyl (C=O) groups is 1. The fraction of sp³-hybridized carbons (Fsp3) is 0.875. The van der Waals surface area contributed by atoms with Gasteiger partial charge in [-0.05, 0) is 19.2 Å². The highest BCUT2D eigenvalue weighted by molar-refractivity contribution is 5.73. The summed E-state index contributed by atoms with van der Waals surface area (Å²) in [5.74, 6) is -3.54. The van der Waals surface area contributed by atoms with Crippen molar-refractivity contribution < 1.29 is 15.8 Å². The van der Waals surface area contributed by atoms with Gasteiger partial charge in [-0.2, -0.15) is 0 Å². The summed E-state index contributed by atoms with van der Waals surface area (Å²) in [6.45, 7) is -0.288. The molecule has 0 aromatic heterocycles. The van der Waals surface area contributed by atoms with Crippen LogP contribution < -0.4 is 5.31 Å². The van der Waals surface area contributed by atoms with E-state index in [0.29, 0.717) is 0 Å². The molecule has 1 amide bonds. The standard InChI is InChI=1S/C8H17NO/c1-6(2)5-7(3)9-8(4)10/h6-7H,5H2,1-4H3,(H,9,10)/t7-/m0/s1/i1D3,5D2,6D,7D/hD/t6?,7-. The highest BCUT2D eigenvalue weighted by Gasteiger charge is 2.04. The Kier molecular flexibility index (Phi) is 1.08. The lowest BCUT2D eigenvalue weighted by molar-refractivity contribution is -0.119. The Morgan fingerprint density at radius 1 is 2.00 bits per heavy atom. The lowest BCUT2D eigenvalue weighted by Crippen LogP contribution is -2.31. The molecule has 2 atom stereocenters. The van der Waals surface area contributed by atoms with Crippen molar-refractivity contribution in [2.45, 2.75) is 40.0 Å². The maximum absolute atomic E-state index is 11.1. The second-order valence-electron chi connectivity index (χ2n) is 1.97. The SMILES string of the molecule is [2H]N(C(C)=O)[C@@]([2H])(C)C([2H])([2H])C([2H])(C)C([2H])([2H])[2H]. The molecule has 0 aromatic rings. The number of carbonyl (C=O) groups excluding carboxylic acids is 1. The van der Waals surface area contributed by atoms with Crippen molar-refractivity contribution in [3.8, 4) is 0 Å². The van der Waals surface area contributed by atoms with Crippen molar-refractivity contribution in [3.05, 3.63) is 0 Å². The monoisotopic (exact) mass is 151 g/mol. The molecule has 0 fully saturated rings. The maximum Gasteiger partial charge on any atom is 0.217 e. The largest absolute Gasteiger partial charge is 0.354 e. The van der Waals surface area contributed by atoms with Crippen LogP contribution in [0.3, 0.4) is 0 Å². The molecule has 2 heteroatoms.